The fraction of sp³-hybridized carbons (Fsp3) is 0.227. The van der Waals surface area contributed by atoms with Crippen LogP contribution in [0.15, 0.2) is 53.9 Å². The molecule has 144 valence electrons. The molecule has 28 heavy (non-hydrogen) atoms. The third-order valence-corrected chi connectivity index (χ3v) is 5.23. The average molecular weight is 394 g/mol. The van der Waals surface area contributed by atoms with Crippen LogP contribution in [0.3, 0.4) is 0 Å². The molecule has 1 aromatic carbocycles. The summed E-state index contributed by atoms with van der Waals surface area (Å²) in [6, 6.07) is 13.5. The van der Waals surface area contributed by atoms with E-state index in [1.807, 2.05) is 66.4 Å². The molecule has 0 unspecified atom stereocenters. The minimum atomic E-state index is -0.421. The monoisotopic (exact) mass is 394 g/mol. The van der Waals surface area contributed by atoms with Crippen molar-refractivity contribution in [1.82, 2.24) is 9.78 Å². The summed E-state index contributed by atoms with van der Waals surface area (Å²) in [5.41, 5.74) is 3.66. The van der Waals surface area contributed by atoms with Gasteiger partial charge in [0.2, 0.25) is 0 Å². The van der Waals surface area contributed by atoms with Gasteiger partial charge in [0.1, 0.15) is 0 Å². The number of nitrogens with zero attached hydrogens (tertiary/aromatic N) is 2. The van der Waals surface area contributed by atoms with Gasteiger partial charge in [-0.05, 0) is 49.9 Å². The maximum Gasteiger partial charge on any atom is 0.330 e. The van der Waals surface area contributed by atoms with E-state index in [-0.39, 0.29) is 12.4 Å². The van der Waals surface area contributed by atoms with E-state index in [9.17, 15) is 9.59 Å². The Hall–Kier alpha value is -2.99. The number of benzene rings is 1. The van der Waals surface area contributed by atoms with Crippen LogP contribution in [-0.2, 0) is 9.53 Å². The van der Waals surface area contributed by atoms with Gasteiger partial charge in [-0.1, -0.05) is 24.3 Å². The molecule has 2 aromatic heterocycles. The molecule has 0 aliphatic rings. The molecule has 0 saturated heterocycles. The Bertz CT molecular complexity index is 973. The first-order valence-corrected chi connectivity index (χ1v) is 9.97. The smallest absolute Gasteiger partial charge is 0.330 e. The van der Waals surface area contributed by atoms with Gasteiger partial charge in [0.25, 0.3) is 0 Å². The third-order valence-electron chi connectivity index (χ3n) is 4.32. The molecule has 0 saturated carbocycles. The second-order valence-electron chi connectivity index (χ2n) is 6.34. The Kier molecular flexibility index (Phi) is 6.55. The lowest BCUT2D eigenvalue weighted by atomic mass is 10.2. The first-order chi connectivity index (χ1) is 13.6. The molecule has 0 N–H and O–H groups in total. The van der Waals surface area contributed by atoms with Crippen molar-refractivity contribution in [2.45, 2.75) is 26.7 Å². The normalized spacial score (nSPS) is 11.1. The predicted octanol–water partition coefficient (Wildman–Crippen LogP) is 4.77. The number of thiophene rings is 1. The molecular formula is C22H22N2O3S. The van der Waals surface area contributed by atoms with Crippen LogP contribution in [0.4, 0.5) is 0 Å². The molecule has 0 aliphatic heterocycles. The van der Waals surface area contributed by atoms with E-state index < -0.39 is 5.97 Å². The van der Waals surface area contributed by atoms with E-state index in [0.29, 0.717) is 12.8 Å². The van der Waals surface area contributed by atoms with Crippen LogP contribution < -0.4 is 0 Å². The van der Waals surface area contributed by atoms with Crippen molar-refractivity contribution in [1.29, 1.82) is 0 Å². The molecule has 3 aromatic rings. The number of aryl methyl sites for hydroxylation is 1. The van der Waals surface area contributed by atoms with Crippen molar-refractivity contribution in [3.8, 4) is 5.69 Å². The van der Waals surface area contributed by atoms with Crippen molar-refractivity contribution in [2.75, 3.05) is 6.61 Å². The first kappa shape index (κ1) is 19.8. The number of carbonyl (C=O) groups is 2. The summed E-state index contributed by atoms with van der Waals surface area (Å²) in [6.45, 7) is 4.10. The van der Waals surface area contributed by atoms with Crippen LogP contribution in [0.5, 0.6) is 0 Å². The molecule has 0 radical (unpaired) electrons. The molecule has 0 fully saturated rings. The van der Waals surface area contributed by atoms with Crippen LogP contribution in [-0.4, -0.2) is 28.1 Å². The number of aromatic nitrogens is 2. The maximum atomic E-state index is 12.0. The van der Waals surface area contributed by atoms with Gasteiger partial charge in [-0.3, -0.25) is 4.79 Å². The van der Waals surface area contributed by atoms with Crippen molar-refractivity contribution in [3.05, 3.63) is 75.7 Å². The largest absolute Gasteiger partial charge is 0.463 e. The highest BCUT2D eigenvalue weighted by molar-refractivity contribution is 7.12. The lowest BCUT2D eigenvalue weighted by Gasteiger charge is -2.03. The first-order valence-electron chi connectivity index (χ1n) is 9.09. The summed E-state index contributed by atoms with van der Waals surface area (Å²) in [6.07, 6.45) is 4.03. The van der Waals surface area contributed by atoms with E-state index in [1.165, 1.54) is 17.4 Å². The standard InChI is InChI=1S/C22H22N2O3S/c1-16-19(17(2)24(23-16)18-8-4-3-5-9-18)12-13-22(26)27-14-6-10-20(25)21-11-7-15-28-21/h3-5,7-9,11-13,15H,6,10,14H2,1-2H3/b13-12+. The van der Waals surface area contributed by atoms with Gasteiger partial charge in [0, 0.05) is 23.8 Å². The topological polar surface area (TPSA) is 61.2 Å². The number of para-hydroxylation sites is 1. The number of esters is 1. The Labute approximate surface area is 168 Å². The molecule has 0 aliphatic carbocycles. The number of rotatable bonds is 8. The number of Topliss-reactive ketones (excluding diaryl/α,β-unsaturated/α-hetero) is 1. The molecule has 0 spiro atoms. The summed E-state index contributed by atoms with van der Waals surface area (Å²) in [4.78, 5) is 24.6. The molecule has 3 rings (SSSR count). The number of hydrogen-bond acceptors (Lipinski definition) is 5. The SMILES string of the molecule is Cc1nn(-c2ccccc2)c(C)c1/C=C/C(=O)OCCCC(=O)c1cccs1. The summed E-state index contributed by atoms with van der Waals surface area (Å²) >= 11 is 1.43. The molecule has 0 bridgehead atoms. The van der Waals surface area contributed by atoms with Gasteiger partial charge in [-0.2, -0.15) is 5.10 Å². The molecule has 0 atom stereocenters. The zero-order valence-corrected chi connectivity index (χ0v) is 16.7. The highest BCUT2D eigenvalue weighted by Crippen LogP contribution is 2.19. The Morgan fingerprint density at radius 1 is 1.14 bits per heavy atom. The molecule has 6 heteroatoms. The van der Waals surface area contributed by atoms with Gasteiger partial charge >= 0.3 is 5.97 Å². The Balaban J connectivity index is 1.53. The van der Waals surface area contributed by atoms with Crippen molar-refractivity contribution in [3.63, 3.8) is 0 Å². The fourth-order valence-corrected chi connectivity index (χ4v) is 3.58. The predicted molar refractivity (Wildman–Crippen MR) is 111 cm³/mol. The van der Waals surface area contributed by atoms with Gasteiger partial charge in [-0.25, -0.2) is 9.48 Å². The lowest BCUT2D eigenvalue weighted by Crippen LogP contribution is -2.05. The Morgan fingerprint density at radius 3 is 2.64 bits per heavy atom. The quantitative estimate of drug-likeness (QED) is 0.239. The zero-order chi connectivity index (χ0) is 19.9. The third kappa shape index (κ3) is 4.84. The van der Waals surface area contributed by atoms with E-state index in [4.69, 9.17) is 4.74 Å². The van der Waals surface area contributed by atoms with Crippen molar-refractivity contribution in [2.24, 2.45) is 0 Å². The highest BCUT2D eigenvalue weighted by Gasteiger charge is 2.11. The minimum absolute atomic E-state index is 0.0844. The fourth-order valence-electron chi connectivity index (χ4n) is 2.88. The number of ether oxygens (including phenoxy) is 1. The molecule has 0 amide bonds. The van der Waals surface area contributed by atoms with E-state index in [0.717, 1.165) is 27.5 Å². The molecule has 2 heterocycles. The number of ketones is 1. The van der Waals surface area contributed by atoms with E-state index in [1.54, 1.807) is 6.08 Å². The van der Waals surface area contributed by atoms with Crippen LogP contribution in [0.25, 0.3) is 11.8 Å². The maximum absolute atomic E-state index is 12.0. The minimum Gasteiger partial charge on any atom is -0.463 e. The zero-order valence-electron chi connectivity index (χ0n) is 15.9. The Morgan fingerprint density at radius 2 is 1.93 bits per heavy atom. The van der Waals surface area contributed by atoms with Gasteiger partial charge in [0.05, 0.1) is 22.9 Å². The summed E-state index contributed by atoms with van der Waals surface area (Å²) < 4.78 is 7.06. The van der Waals surface area contributed by atoms with Crippen molar-refractivity contribution >= 4 is 29.2 Å². The van der Waals surface area contributed by atoms with E-state index in [2.05, 4.69) is 5.10 Å². The second kappa shape index (κ2) is 9.28. The number of hydrogen-bond donors (Lipinski definition) is 0. The van der Waals surface area contributed by atoms with E-state index >= 15 is 0 Å². The lowest BCUT2D eigenvalue weighted by molar-refractivity contribution is -0.137. The van der Waals surface area contributed by atoms with Crippen LogP contribution in [0.2, 0.25) is 0 Å². The second-order valence-corrected chi connectivity index (χ2v) is 7.28. The highest BCUT2D eigenvalue weighted by atomic mass is 32.1. The summed E-state index contributed by atoms with van der Waals surface area (Å²) in [5, 5.41) is 6.43. The van der Waals surface area contributed by atoms with Crippen LogP contribution in [0.1, 0.15) is 39.5 Å². The van der Waals surface area contributed by atoms with Crippen LogP contribution in [0, 0.1) is 13.8 Å². The van der Waals surface area contributed by atoms with Gasteiger partial charge in [-0.15, -0.1) is 11.3 Å². The van der Waals surface area contributed by atoms with Crippen LogP contribution >= 0.6 is 11.3 Å². The number of carbonyl (C=O) groups excluding carboxylic acids is 2. The average Bonchev–Trinajstić information content (AvgIpc) is 3.33. The van der Waals surface area contributed by atoms with Gasteiger partial charge < -0.3 is 4.74 Å². The summed E-state index contributed by atoms with van der Waals surface area (Å²) in [7, 11) is 0. The molecule has 5 nitrogen and oxygen atoms in total. The molecular weight excluding hydrogens is 372 g/mol. The van der Waals surface area contributed by atoms with Crippen molar-refractivity contribution < 1.29 is 14.3 Å². The summed E-state index contributed by atoms with van der Waals surface area (Å²) in [5.74, 6) is -0.337. The van der Waals surface area contributed by atoms with Gasteiger partial charge in [0.15, 0.2) is 5.78 Å².